The average Bonchev–Trinajstić information content (AvgIpc) is 2.60. The highest BCUT2D eigenvalue weighted by molar-refractivity contribution is 6.04. The van der Waals surface area contributed by atoms with Crippen molar-refractivity contribution in [2.24, 2.45) is 0 Å². The number of hydrogen-bond acceptors (Lipinski definition) is 4. The zero-order valence-electron chi connectivity index (χ0n) is 13.5. The topological polar surface area (TPSA) is 79.5 Å². The standard InChI is InChI=1S/C18H21N3O3/c1-24-11-10-19-13-17(22)20-15-8-5-9-16(12-15)21-18(23)14-6-3-2-4-7-14/h2-9,12,19H,10-11,13H2,1H3,(H,20,22)(H,21,23). The van der Waals surface area contributed by atoms with Crippen molar-refractivity contribution in [3.05, 3.63) is 60.2 Å². The SMILES string of the molecule is COCCNCC(=O)Nc1cccc(NC(=O)c2ccccc2)c1. The van der Waals surface area contributed by atoms with Crippen LogP contribution >= 0.6 is 0 Å². The third kappa shape index (κ3) is 5.83. The Kier molecular flexibility index (Phi) is 6.94. The molecule has 126 valence electrons. The number of carbonyl (C=O) groups excluding carboxylic acids is 2. The summed E-state index contributed by atoms with van der Waals surface area (Å²) < 4.78 is 4.90. The highest BCUT2D eigenvalue weighted by atomic mass is 16.5. The van der Waals surface area contributed by atoms with E-state index in [0.29, 0.717) is 30.1 Å². The lowest BCUT2D eigenvalue weighted by Gasteiger charge is -2.09. The van der Waals surface area contributed by atoms with Crippen molar-refractivity contribution in [3.8, 4) is 0 Å². The largest absolute Gasteiger partial charge is 0.383 e. The zero-order chi connectivity index (χ0) is 17.2. The second-order valence-electron chi connectivity index (χ2n) is 5.12. The number of hydrogen-bond donors (Lipinski definition) is 3. The van der Waals surface area contributed by atoms with Crippen molar-refractivity contribution in [2.75, 3.05) is 37.4 Å². The van der Waals surface area contributed by atoms with E-state index in [4.69, 9.17) is 4.74 Å². The van der Waals surface area contributed by atoms with Gasteiger partial charge in [-0.1, -0.05) is 24.3 Å². The van der Waals surface area contributed by atoms with Gasteiger partial charge in [0.15, 0.2) is 0 Å². The lowest BCUT2D eigenvalue weighted by atomic mass is 10.2. The molecule has 3 N–H and O–H groups in total. The van der Waals surface area contributed by atoms with E-state index in [-0.39, 0.29) is 18.4 Å². The molecular formula is C18H21N3O3. The first-order valence-corrected chi connectivity index (χ1v) is 7.65. The van der Waals surface area contributed by atoms with E-state index in [2.05, 4.69) is 16.0 Å². The fourth-order valence-corrected chi connectivity index (χ4v) is 2.05. The summed E-state index contributed by atoms with van der Waals surface area (Å²) in [7, 11) is 1.61. The summed E-state index contributed by atoms with van der Waals surface area (Å²) in [6.07, 6.45) is 0. The van der Waals surface area contributed by atoms with Crippen LogP contribution in [0.3, 0.4) is 0 Å². The summed E-state index contributed by atoms with van der Waals surface area (Å²) >= 11 is 0. The Hall–Kier alpha value is -2.70. The molecule has 0 radical (unpaired) electrons. The molecule has 0 aliphatic rings. The predicted octanol–water partition coefficient (Wildman–Crippen LogP) is 2.11. The van der Waals surface area contributed by atoms with Crippen LogP contribution in [-0.4, -0.2) is 38.6 Å². The van der Waals surface area contributed by atoms with Gasteiger partial charge in [0.1, 0.15) is 0 Å². The molecule has 0 heterocycles. The summed E-state index contributed by atoms with van der Waals surface area (Å²) in [6, 6.07) is 16.0. The van der Waals surface area contributed by atoms with Crippen molar-refractivity contribution in [2.45, 2.75) is 0 Å². The summed E-state index contributed by atoms with van der Waals surface area (Å²) in [6.45, 7) is 1.36. The molecule has 0 bridgehead atoms. The molecule has 24 heavy (non-hydrogen) atoms. The number of carbonyl (C=O) groups is 2. The Labute approximate surface area is 141 Å². The summed E-state index contributed by atoms with van der Waals surface area (Å²) in [4.78, 5) is 24.0. The highest BCUT2D eigenvalue weighted by Gasteiger charge is 2.06. The van der Waals surface area contributed by atoms with Crippen LogP contribution in [0.15, 0.2) is 54.6 Å². The van der Waals surface area contributed by atoms with E-state index in [1.165, 1.54) is 0 Å². The molecule has 6 nitrogen and oxygen atoms in total. The van der Waals surface area contributed by atoms with E-state index < -0.39 is 0 Å². The van der Waals surface area contributed by atoms with E-state index in [1.54, 1.807) is 43.5 Å². The number of amides is 2. The van der Waals surface area contributed by atoms with Gasteiger partial charge in [-0.3, -0.25) is 9.59 Å². The van der Waals surface area contributed by atoms with Gasteiger partial charge >= 0.3 is 0 Å². The third-order valence-electron chi connectivity index (χ3n) is 3.21. The first-order chi connectivity index (χ1) is 11.7. The van der Waals surface area contributed by atoms with Gasteiger partial charge in [0.2, 0.25) is 5.91 Å². The third-order valence-corrected chi connectivity index (χ3v) is 3.21. The van der Waals surface area contributed by atoms with E-state index in [1.807, 2.05) is 18.2 Å². The number of nitrogens with one attached hydrogen (secondary N) is 3. The molecule has 0 saturated carbocycles. The van der Waals surface area contributed by atoms with Crippen molar-refractivity contribution < 1.29 is 14.3 Å². The quantitative estimate of drug-likeness (QED) is 0.649. The molecule has 0 aliphatic heterocycles. The Morgan fingerprint density at radius 1 is 0.958 bits per heavy atom. The monoisotopic (exact) mass is 327 g/mol. The maximum atomic E-state index is 12.1. The van der Waals surface area contributed by atoms with Crippen LogP contribution in [0.5, 0.6) is 0 Å². The first kappa shape index (κ1) is 17.7. The van der Waals surface area contributed by atoms with Gasteiger partial charge < -0.3 is 20.7 Å². The molecule has 0 atom stereocenters. The summed E-state index contributed by atoms with van der Waals surface area (Å²) in [5, 5.41) is 8.56. The molecule has 2 aromatic rings. The summed E-state index contributed by atoms with van der Waals surface area (Å²) in [5.74, 6) is -0.349. The molecule has 0 aliphatic carbocycles. The number of benzene rings is 2. The Morgan fingerprint density at radius 3 is 2.38 bits per heavy atom. The molecule has 0 unspecified atom stereocenters. The molecule has 0 saturated heterocycles. The van der Waals surface area contributed by atoms with Crippen LogP contribution in [-0.2, 0) is 9.53 Å². The number of methoxy groups -OCH3 is 1. The second kappa shape index (κ2) is 9.44. The van der Waals surface area contributed by atoms with Crippen LogP contribution in [0.1, 0.15) is 10.4 Å². The van der Waals surface area contributed by atoms with Crippen LogP contribution in [0.4, 0.5) is 11.4 Å². The minimum atomic E-state index is -0.194. The molecular weight excluding hydrogens is 306 g/mol. The maximum Gasteiger partial charge on any atom is 0.255 e. The zero-order valence-corrected chi connectivity index (χ0v) is 13.5. The van der Waals surface area contributed by atoms with Crippen molar-refractivity contribution in [1.82, 2.24) is 5.32 Å². The van der Waals surface area contributed by atoms with E-state index in [9.17, 15) is 9.59 Å². The molecule has 6 heteroatoms. The van der Waals surface area contributed by atoms with Crippen molar-refractivity contribution in [3.63, 3.8) is 0 Å². The predicted molar refractivity (Wildman–Crippen MR) is 94.2 cm³/mol. The molecule has 0 aromatic heterocycles. The minimum Gasteiger partial charge on any atom is -0.383 e. The molecule has 0 fully saturated rings. The Bertz CT molecular complexity index is 674. The van der Waals surface area contributed by atoms with Crippen LogP contribution in [0.2, 0.25) is 0 Å². The van der Waals surface area contributed by atoms with Gasteiger partial charge in [0, 0.05) is 30.6 Å². The van der Waals surface area contributed by atoms with Gasteiger partial charge in [-0.25, -0.2) is 0 Å². The smallest absolute Gasteiger partial charge is 0.255 e. The second-order valence-corrected chi connectivity index (χ2v) is 5.12. The maximum absolute atomic E-state index is 12.1. The Balaban J connectivity index is 1.89. The summed E-state index contributed by atoms with van der Waals surface area (Å²) in [5.41, 5.74) is 1.82. The lowest BCUT2D eigenvalue weighted by molar-refractivity contribution is -0.115. The normalized spacial score (nSPS) is 10.2. The fourth-order valence-electron chi connectivity index (χ4n) is 2.05. The van der Waals surface area contributed by atoms with Gasteiger partial charge in [-0.15, -0.1) is 0 Å². The van der Waals surface area contributed by atoms with Crippen LogP contribution in [0.25, 0.3) is 0 Å². The average molecular weight is 327 g/mol. The van der Waals surface area contributed by atoms with Crippen molar-refractivity contribution in [1.29, 1.82) is 0 Å². The van der Waals surface area contributed by atoms with Gasteiger partial charge in [-0.2, -0.15) is 0 Å². The minimum absolute atomic E-state index is 0.155. The molecule has 0 spiro atoms. The number of rotatable bonds is 8. The van der Waals surface area contributed by atoms with Gasteiger partial charge in [0.25, 0.3) is 5.91 Å². The molecule has 2 aromatic carbocycles. The van der Waals surface area contributed by atoms with Gasteiger partial charge in [-0.05, 0) is 30.3 Å². The van der Waals surface area contributed by atoms with Crippen molar-refractivity contribution >= 4 is 23.2 Å². The Morgan fingerprint density at radius 2 is 1.67 bits per heavy atom. The van der Waals surface area contributed by atoms with E-state index in [0.717, 1.165) is 0 Å². The lowest BCUT2D eigenvalue weighted by Crippen LogP contribution is -2.30. The fraction of sp³-hybridized carbons (Fsp3) is 0.222. The number of ether oxygens (including phenoxy) is 1. The van der Waals surface area contributed by atoms with Crippen LogP contribution < -0.4 is 16.0 Å². The van der Waals surface area contributed by atoms with Gasteiger partial charge in [0.05, 0.1) is 13.2 Å². The first-order valence-electron chi connectivity index (χ1n) is 7.65. The van der Waals surface area contributed by atoms with Crippen LogP contribution in [0, 0.1) is 0 Å². The molecule has 2 amide bonds. The molecule has 2 rings (SSSR count). The van der Waals surface area contributed by atoms with E-state index >= 15 is 0 Å². The number of anilines is 2. The highest BCUT2D eigenvalue weighted by Crippen LogP contribution is 2.16.